The van der Waals surface area contributed by atoms with E-state index >= 15 is 0 Å². The van der Waals surface area contributed by atoms with Gasteiger partial charge in [-0.2, -0.15) is 11.8 Å². The van der Waals surface area contributed by atoms with Crippen LogP contribution in [0.4, 0.5) is 0 Å². The summed E-state index contributed by atoms with van der Waals surface area (Å²) in [6.45, 7) is 5.88. The Hall–Kier alpha value is -3.71. The first kappa shape index (κ1) is 33.8. The van der Waals surface area contributed by atoms with Gasteiger partial charge in [-0.15, -0.1) is 0 Å². The molecule has 0 aliphatic carbocycles. The number of aliphatic hydroxyl groups excluding tert-OH is 1. The molecule has 3 heterocycles. The second-order valence-electron chi connectivity index (χ2n) is 10.6. The molecule has 0 aromatic carbocycles. The summed E-state index contributed by atoms with van der Waals surface area (Å²) in [7, 11) is 0. The lowest BCUT2D eigenvalue weighted by Gasteiger charge is -2.29. The third-order valence-corrected chi connectivity index (χ3v) is 8.45. The number of aromatic nitrogens is 1. The third-order valence-electron chi connectivity index (χ3n) is 7.09. The number of carbonyl (C=O) groups excluding carboxylic acids is 4. The average Bonchev–Trinajstić information content (AvgIpc) is 3.58. The number of aliphatic hydroxyl groups is 1. The molecule has 234 valence electrons. The summed E-state index contributed by atoms with van der Waals surface area (Å²) in [6, 6.07) is -1.000. The fraction of sp³-hybridized carbons (Fsp3) is 0.533. The Morgan fingerprint density at radius 3 is 2.72 bits per heavy atom. The molecule has 3 rings (SSSR count). The lowest BCUT2D eigenvalue weighted by molar-refractivity contribution is -0.155. The van der Waals surface area contributed by atoms with Crippen LogP contribution in [0.2, 0.25) is 0 Å². The predicted molar refractivity (Wildman–Crippen MR) is 158 cm³/mol. The molecule has 0 saturated carbocycles. The zero-order valence-electron chi connectivity index (χ0n) is 24.6. The standard InChI is InChI=1S/C30H39N3O9S/c1-4-23-19(3)7-8-25(36)31-11-5-6-18(2)14-20(34)15-21(35)16-26-32-22(17-41-26)29(39)33-12-9-24(28(33)30(40)42-23)43-13-10-27(37)38/h5-8,14,17,19-20,23-24,28,34H,4,9-13,15-16H2,1-3H3,(H,31,36)(H,37,38)/b6-5+,8-7+,18-14+/t19-,20-,23-,24?,28?/m1/s1. The number of allylic oxidation sites excluding steroid dienone is 2. The van der Waals surface area contributed by atoms with E-state index in [1.807, 2.05) is 13.8 Å². The Kier molecular flexibility index (Phi) is 12.7. The Bertz CT molecular complexity index is 1270. The van der Waals surface area contributed by atoms with Crippen LogP contribution in [0.1, 0.15) is 62.8 Å². The van der Waals surface area contributed by atoms with Crippen LogP contribution in [0, 0.1) is 5.92 Å². The summed E-state index contributed by atoms with van der Waals surface area (Å²) in [5.41, 5.74) is 0.624. The van der Waals surface area contributed by atoms with Gasteiger partial charge in [0.15, 0.2) is 5.69 Å². The highest BCUT2D eigenvalue weighted by Gasteiger charge is 2.45. The van der Waals surface area contributed by atoms with Gasteiger partial charge in [-0.1, -0.05) is 43.7 Å². The minimum Gasteiger partial charge on any atom is -0.481 e. The maximum Gasteiger partial charge on any atom is 0.330 e. The van der Waals surface area contributed by atoms with Gasteiger partial charge in [0.2, 0.25) is 11.8 Å². The van der Waals surface area contributed by atoms with Crippen molar-refractivity contribution in [2.45, 2.75) is 76.4 Å². The first-order valence-corrected chi connectivity index (χ1v) is 15.3. The number of amides is 2. The Morgan fingerprint density at radius 2 is 2.00 bits per heavy atom. The lowest BCUT2D eigenvalue weighted by Crippen LogP contribution is -2.46. The Morgan fingerprint density at radius 1 is 1.23 bits per heavy atom. The number of nitrogens with zero attached hydrogens (tertiary/aromatic N) is 2. The fourth-order valence-electron chi connectivity index (χ4n) is 4.88. The van der Waals surface area contributed by atoms with Crippen molar-refractivity contribution in [2.75, 3.05) is 18.8 Å². The van der Waals surface area contributed by atoms with Gasteiger partial charge in [-0.25, -0.2) is 9.78 Å². The van der Waals surface area contributed by atoms with Crippen LogP contribution < -0.4 is 5.32 Å². The molecule has 12 nitrogen and oxygen atoms in total. The van der Waals surface area contributed by atoms with E-state index in [1.54, 1.807) is 25.2 Å². The highest BCUT2D eigenvalue weighted by molar-refractivity contribution is 8.00. The van der Waals surface area contributed by atoms with E-state index in [0.29, 0.717) is 18.4 Å². The van der Waals surface area contributed by atoms with E-state index in [1.165, 1.54) is 28.8 Å². The zero-order valence-corrected chi connectivity index (χ0v) is 25.4. The molecule has 2 bridgehead atoms. The number of rotatable bonds is 5. The van der Waals surface area contributed by atoms with Gasteiger partial charge in [0.05, 0.1) is 18.9 Å². The first-order valence-electron chi connectivity index (χ1n) is 14.3. The summed E-state index contributed by atoms with van der Waals surface area (Å²) < 4.78 is 11.3. The smallest absolute Gasteiger partial charge is 0.330 e. The topological polar surface area (TPSA) is 176 Å². The molecule has 2 unspecified atom stereocenters. The van der Waals surface area contributed by atoms with E-state index in [9.17, 15) is 29.1 Å². The number of nitrogens with one attached hydrogen (secondary N) is 1. The quantitative estimate of drug-likeness (QED) is 0.414. The predicted octanol–water partition coefficient (Wildman–Crippen LogP) is 2.47. The minimum atomic E-state index is -1.05. The Labute approximate surface area is 254 Å². The van der Waals surface area contributed by atoms with Crippen molar-refractivity contribution in [3.8, 4) is 0 Å². The molecule has 2 aliphatic rings. The molecule has 1 fully saturated rings. The van der Waals surface area contributed by atoms with Gasteiger partial charge in [-0.05, 0) is 25.8 Å². The van der Waals surface area contributed by atoms with Crippen LogP contribution in [0.25, 0.3) is 0 Å². The van der Waals surface area contributed by atoms with Crippen LogP contribution in [-0.2, 0) is 30.3 Å². The molecule has 1 aromatic heterocycles. The van der Waals surface area contributed by atoms with Gasteiger partial charge in [0.1, 0.15) is 24.2 Å². The van der Waals surface area contributed by atoms with E-state index < -0.39 is 41.3 Å². The van der Waals surface area contributed by atoms with Gasteiger partial charge in [0, 0.05) is 36.4 Å². The Balaban J connectivity index is 1.90. The summed E-state index contributed by atoms with van der Waals surface area (Å²) in [5.74, 6) is -2.91. The number of carboxylic acids is 1. The highest BCUT2D eigenvalue weighted by atomic mass is 32.2. The van der Waals surface area contributed by atoms with E-state index in [4.69, 9.17) is 14.3 Å². The van der Waals surface area contributed by atoms with Crippen molar-refractivity contribution in [1.29, 1.82) is 0 Å². The average molecular weight is 618 g/mol. The maximum absolute atomic E-state index is 13.6. The SMILES string of the molecule is CC[C@H]1OC(=O)C2C(SCCC(=O)O)CCN2C(=O)c2coc(n2)CC(=O)C[C@H](O)/C=C(C)/C=C/CNC(=O)/C=C/[C@H]1C. The second-order valence-corrected chi connectivity index (χ2v) is 11.9. The summed E-state index contributed by atoms with van der Waals surface area (Å²) in [6.07, 6.45) is 7.86. The van der Waals surface area contributed by atoms with E-state index in [0.717, 1.165) is 6.26 Å². The monoisotopic (exact) mass is 617 g/mol. The summed E-state index contributed by atoms with van der Waals surface area (Å²) in [4.78, 5) is 68.6. The van der Waals surface area contributed by atoms with Crippen molar-refractivity contribution in [1.82, 2.24) is 15.2 Å². The number of oxazole rings is 1. The number of hydrogen-bond donors (Lipinski definition) is 3. The number of carboxylic acid groups (broad SMARTS) is 1. The molecular weight excluding hydrogens is 578 g/mol. The van der Waals surface area contributed by atoms with E-state index in [2.05, 4.69) is 10.3 Å². The zero-order chi connectivity index (χ0) is 31.5. The van der Waals surface area contributed by atoms with Gasteiger partial charge in [0.25, 0.3) is 5.91 Å². The number of ketones is 1. The largest absolute Gasteiger partial charge is 0.481 e. The van der Waals surface area contributed by atoms with E-state index in [-0.39, 0.29) is 67.3 Å². The molecule has 1 saturated heterocycles. The summed E-state index contributed by atoms with van der Waals surface area (Å²) >= 11 is 1.29. The third kappa shape index (κ3) is 10.2. The molecular formula is C30H39N3O9S. The molecule has 0 radical (unpaired) electrons. The molecule has 0 spiro atoms. The van der Waals surface area contributed by atoms with Gasteiger partial charge in [-0.3, -0.25) is 19.2 Å². The first-order chi connectivity index (χ1) is 20.5. The highest BCUT2D eigenvalue weighted by Crippen LogP contribution is 2.32. The van der Waals surface area contributed by atoms with Crippen LogP contribution >= 0.6 is 11.8 Å². The van der Waals surface area contributed by atoms with Crippen LogP contribution in [0.3, 0.4) is 0 Å². The molecule has 3 N–H and O–H groups in total. The normalized spacial score (nSPS) is 29.2. The molecule has 5 atom stereocenters. The second kappa shape index (κ2) is 16.2. The fourth-order valence-corrected chi connectivity index (χ4v) is 6.19. The van der Waals surface area contributed by atoms with Crippen LogP contribution in [0.5, 0.6) is 0 Å². The molecule has 1 aromatic rings. The van der Waals surface area contributed by atoms with Crippen molar-refractivity contribution >= 4 is 41.3 Å². The van der Waals surface area contributed by atoms with Crippen molar-refractivity contribution < 1.29 is 43.3 Å². The molecule has 2 aliphatic heterocycles. The van der Waals surface area contributed by atoms with Crippen molar-refractivity contribution in [2.24, 2.45) is 5.92 Å². The van der Waals surface area contributed by atoms with Gasteiger partial charge >= 0.3 is 11.9 Å². The maximum atomic E-state index is 13.6. The summed E-state index contributed by atoms with van der Waals surface area (Å²) in [5, 5.41) is 21.7. The molecule has 43 heavy (non-hydrogen) atoms. The van der Waals surface area contributed by atoms with Crippen molar-refractivity contribution in [3.05, 3.63) is 53.8 Å². The van der Waals surface area contributed by atoms with Gasteiger partial charge < -0.3 is 29.6 Å². The molecule has 13 heteroatoms. The van der Waals surface area contributed by atoms with Crippen LogP contribution in [-0.4, -0.2) is 92.0 Å². The minimum absolute atomic E-state index is 0.00708. The number of Topliss-reactive ketones (excluding diaryl/α,β-unsaturated/α-hetero) is 1. The number of hydrogen-bond acceptors (Lipinski definition) is 10. The molecule has 2 amide bonds. The number of ether oxygens (including phenoxy) is 1. The number of esters is 1. The number of cyclic esters (lactones) is 1. The lowest BCUT2D eigenvalue weighted by atomic mass is 10.0. The van der Waals surface area contributed by atoms with Crippen LogP contribution in [0.15, 0.2) is 46.6 Å². The number of aliphatic carboxylic acids is 1. The van der Waals surface area contributed by atoms with Crippen molar-refractivity contribution in [3.63, 3.8) is 0 Å². The number of fused-ring (bicyclic) bond motifs is 3. The number of carbonyl (C=O) groups is 5. The number of thioether (sulfide) groups is 1.